The minimum Gasteiger partial charge on any atom is -0.332 e. The van der Waals surface area contributed by atoms with Crippen molar-refractivity contribution in [3.8, 4) is 0 Å². The molecule has 1 amide bonds. The maximum Gasteiger partial charge on any atom is 0.406 e. The molecule has 0 aromatic carbocycles. The van der Waals surface area contributed by atoms with Gasteiger partial charge in [-0.3, -0.25) is 4.79 Å². The minimum absolute atomic E-state index is 0.0368. The molecule has 1 fully saturated rings. The second-order valence-electron chi connectivity index (χ2n) is 4.91. The van der Waals surface area contributed by atoms with Crippen molar-refractivity contribution in [2.75, 3.05) is 19.6 Å². The van der Waals surface area contributed by atoms with Crippen molar-refractivity contribution >= 4 is 5.91 Å². The Morgan fingerprint density at radius 2 is 2.00 bits per heavy atom. The normalized spacial score (nSPS) is 23.0. The van der Waals surface area contributed by atoms with Crippen LogP contribution in [0.15, 0.2) is 0 Å². The summed E-state index contributed by atoms with van der Waals surface area (Å²) < 4.78 is 36.7. The number of carbonyl (C=O) groups is 1. The van der Waals surface area contributed by atoms with Crippen molar-refractivity contribution in [2.45, 2.75) is 26.4 Å². The molecule has 0 spiro atoms. The molecule has 6 heteroatoms. The molecule has 0 heterocycles. The van der Waals surface area contributed by atoms with E-state index < -0.39 is 18.6 Å². The van der Waals surface area contributed by atoms with Crippen LogP contribution in [0.4, 0.5) is 13.2 Å². The van der Waals surface area contributed by atoms with Gasteiger partial charge in [-0.05, 0) is 11.8 Å². The zero-order chi connectivity index (χ0) is 12.6. The van der Waals surface area contributed by atoms with E-state index in [4.69, 9.17) is 5.73 Å². The first-order valence-corrected chi connectivity index (χ1v) is 5.23. The van der Waals surface area contributed by atoms with Gasteiger partial charge in [0.25, 0.3) is 0 Å². The zero-order valence-corrected chi connectivity index (χ0v) is 9.47. The van der Waals surface area contributed by atoms with E-state index in [2.05, 4.69) is 0 Å². The Morgan fingerprint density at radius 3 is 2.31 bits per heavy atom. The van der Waals surface area contributed by atoms with Gasteiger partial charge < -0.3 is 10.6 Å². The molecule has 1 aliphatic carbocycles. The molecule has 2 N–H and O–H groups in total. The van der Waals surface area contributed by atoms with Crippen LogP contribution in [0.2, 0.25) is 0 Å². The highest BCUT2D eigenvalue weighted by molar-refractivity contribution is 5.82. The predicted octanol–water partition coefficient (Wildman–Crippen LogP) is 1.38. The summed E-state index contributed by atoms with van der Waals surface area (Å²) >= 11 is 0. The van der Waals surface area contributed by atoms with E-state index in [9.17, 15) is 18.0 Å². The molecule has 0 radical (unpaired) electrons. The van der Waals surface area contributed by atoms with Crippen LogP contribution in [0, 0.1) is 11.3 Å². The van der Waals surface area contributed by atoms with Crippen LogP contribution in [0.5, 0.6) is 0 Å². The Kier molecular flexibility index (Phi) is 3.52. The van der Waals surface area contributed by atoms with Gasteiger partial charge in [-0.25, -0.2) is 0 Å². The summed E-state index contributed by atoms with van der Waals surface area (Å²) in [6.45, 7) is 2.57. The first-order valence-electron chi connectivity index (χ1n) is 5.23. The van der Waals surface area contributed by atoms with Gasteiger partial charge in [0.2, 0.25) is 5.91 Å². The van der Waals surface area contributed by atoms with Crippen molar-refractivity contribution in [3.05, 3.63) is 0 Å². The third-order valence-electron chi connectivity index (χ3n) is 2.89. The third-order valence-corrected chi connectivity index (χ3v) is 2.89. The number of nitrogens with two attached hydrogens (primary N) is 1. The summed E-state index contributed by atoms with van der Waals surface area (Å²) in [6.07, 6.45) is -3.70. The molecule has 3 nitrogen and oxygen atoms in total. The molecule has 0 aromatic rings. The monoisotopic (exact) mass is 238 g/mol. The summed E-state index contributed by atoms with van der Waals surface area (Å²) in [5.41, 5.74) is 5.06. The lowest BCUT2D eigenvalue weighted by molar-refractivity contribution is -0.162. The van der Waals surface area contributed by atoms with Crippen molar-refractivity contribution in [3.63, 3.8) is 0 Å². The largest absolute Gasteiger partial charge is 0.406 e. The molecule has 1 aliphatic rings. The number of alkyl halides is 3. The molecule has 94 valence electrons. The van der Waals surface area contributed by atoms with Crippen molar-refractivity contribution in [1.29, 1.82) is 0 Å². The van der Waals surface area contributed by atoms with Crippen molar-refractivity contribution < 1.29 is 18.0 Å². The van der Waals surface area contributed by atoms with Gasteiger partial charge in [-0.1, -0.05) is 13.8 Å². The van der Waals surface area contributed by atoms with E-state index >= 15 is 0 Å². The average molecular weight is 238 g/mol. The second-order valence-corrected chi connectivity index (χ2v) is 4.91. The molecule has 0 aromatic heterocycles. The Bertz CT molecular complexity index is 276. The highest BCUT2D eigenvalue weighted by atomic mass is 19.4. The van der Waals surface area contributed by atoms with E-state index in [-0.39, 0.29) is 24.4 Å². The van der Waals surface area contributed by atoms with Crippen molar-refractivity contribution in [1.82, 2.24) is 4.90 Å². The second kappa shape index (κ2) is 4.24. The molecule has 0 saturated heterocycles. The number of rotatable bonds is 4. The summed E-state index contributed by atoms with van der Waals surface area (Å²) in [5.74, 6) is -0.700. The molecule has 1 rings (SSSR count). The van der Waals surface area contributed by atoms with Gasteiger partial charge in [-0.15, -0.1) is 0 Å². The SMILES string of the molecule is CC1(C)CC1C(=O)N(CCN)CC(F)(F)F. The molecular formula is C10H17F3N2O. The number of amides is 1. The molecule has 1 unspecified atom stereocenters. The van der Waals surface area contributed by atoms with Gasteiger partial charge in [0.1, 0.15) is 6.54 Å². The Hall–Kier alpha value is -0.780. The highest BCUT2D eigenvalue weighted by Gasteiger charge is 2.52. The van der Waals surface area contributed by atoms with Gasteiger partial charge in [-0.2, -0.15) is 13.2 Å². The minimum atomic E-state index is -4.36. The Balaban J connectivity index is 2.60. The zero-order valence-electron chi connectivity index (χ0n) is 9.47. The van der Waals surface area contributed by atoms with Crippen LogP contribution in [0.1, 0.15) is 20.3 Å². The Labute approximate surface area is 92.8 Å². The summed E-state index contributed by atoms with van der Waals surface area (Å²) in [4.78, 5) is 12.6. The van der Waals surface area contributed by atoms with Crippen LogP contribution in [0.3, 0.4) is 0 Å². The molecule has 0 aliphatic heterocycles. The number of hydrogen-bond acceptors (Lipinski definition) is 2. The molecule has 16 heavy (non-hydrogen) atoms. The lowest BCUT2D eigenvalue weighted by Crippen LogP contribution is -2.43. The van der Waals surface area contributed by atoms with Gasteiger partial charge in [0.05, 0.1) is 0 Å². The lowest BCUT2D eigenvalue weighted by atomic mass is 10.1. The maximum absolute atomic E-state index is 12.2. The number of nitrogens with zero attached hydrogens (tertiary/aromatic N) is 1. The fraction of sp³-hybridized carbons (Fsp3) is 0.900. The Morgan fingerprint density at radius 1 is 1.50 bits per heavy atom. The summed E-state index contributed by atoms with van der Waals surface area (Å²) in [5, 5.41) is 0. The molecule has 1 saturated carbocycles. The average Bonchev–Trinajstić information content (AvgIpc) is 2.71. The van der Waals surface area contributed by atoms with Crippen molar-refractivity contribution in [2.24, 2.45) is 17.1 Å². The van der Waals surface area contributed by atoms with Crippen LogP contribution < -0.4 is 5.73 Å². The fourth-order valence-corrected chi connectivity index (χ4v) is 1.75. The fourth-order valence-electron chi connectivity index (χ4n) is 1.75. The maximum atomic E-state index is 12.2. The predicted molar refractivity (Wildman–Crippen MR) is 53.6 cm³/mol. The molecule has 0 bridgehead atoms. The lowest BCUT2D eigenvalue weighted by Gasteiger charge is -2.24. The van der Waals surface area contributed by atoms with Crippen LogP contribution >= 0.6 is 0 Å². The molecular weight excluding hydrogens is 221 g/mol. The van der Waals surface area contributed by atoms with Gasteiger partial charge in [0, 0.05) is 19.0 Å². The van der Waals surface area contributed by atoms with Crippen LogP contribution in [-0.4, -0.2) is 36.6 Å². The first-order chi connectivity index (χ1) is 7.17. The van der Waals surface area contributed by atoms with Gasteiger partial charge >= 0.3 is 6.18 Å². The van der Waals surface area contributed by atoms with Gasteiger partial charge in [0.15, 0.2) is 0 Å². The highest BCUT2D eigenvalue weighted by Crippen LogP contribution is 2.52. The van der Waals surface area contributed by atoms with Crippen LogP contribution in [-0.2, 0) is 4.79 Å². The molecule has 1 atom stereocenters. The van der Waals surface area contributed by atoms with E-state index in [0.717, 1.165) is 4.90 Å². The van der Waals surface area contributed by atoms with Crippen LogP contribution in [0.25, 0.3) is 0 Å². The standard InChI is InChI=1S/C10H17F3N2O/c1-9(2)5-7(9)8(16)15(4-3-14)6-10(11,12)13/h7H,3-6,14H2,1-2H3. The number of hydrogen-bond donors (Lipinski definition) is 1. The van der Waals surface area contributed by atoms with E-state index in [1.807, 2.05) is 13.8 Å². The summed E-state index contributed by atoms with van der Waals surface area (Å²) in [6, 6.07) is 0. The smallest absolute Gasteiger partial charge is 0.332 e. The van der Waals surface area contributed by atoms with E-state index in [1.165, 1.54) is 0 Å². The topological polar surface area (TPSA) is 46.3 Å². The summed E-state index contributed by atoms with van der Waals surface area (Å²) in [7, 11) is 0. The van der Waals surface area contributed by atoms with E-state index in [0.29, 0.717) is 6.42 Å². The third kappa shape index (κ3) is 3.37. The quantitative estimate of drug-likeness (QED) is 0.804. The number of halogens is 3. The van der Waals surface area contributed by atoms with E-state index in [1.54, 1.807) is 0 Å². The first kappa shape index (κ1) is 13.3. The number of carbonyl (C=O) groups excluding carboxylic acids is 1.